The van der Waals surface area contributed by atoms with Crippen LogP contribution >= 0.6 is 0 Å². The van der Waals surface area contributed by atoms with E-state index in [9.17, 15) is 13.2 Å². The van der Waals surface area contributed by atoms with Gasteiger partial charge in [0.15, 0.2) is 0 Å². The number of aromatic nitrogens is 1. The lowest BCUT2D eigenvalue weighted by Gasteiger charge is -2.56. The minimum atomic E-state index is -4.37. The Morgan fingerprint density at radius 2 is 1.59 bits per heavy atom. The van der Waals surface area contributed by atoms with E-state index < -0.39 is 31.8 Å². The molecule has 2 saturated carbocycles. The highest BCUT2D eigenvalue weighted by molar-refractivity contribution is 6.74. The lowest BCUT2D eigenvalue weighted by atomic mass is 9.59. The molecule has 0 bridgehead atoms. The van der Waals surface area contributed by atoms with Crippen LogP contribution in [0.5, 0.6) is 0 Å². The predicted octanol–water partition coefficient (Wildman–Crippen LogP) is 10.3. The summed E-state index contributed by atoms with van der Waals surface area (Å²) in [5.41, 5.74) is 5.89. The quantitative estimate of drug-likeness (QED) is 0.335. The number of pyridine rings is 1. The minimum Gasteiger partial charge on any atom is -0.559 e. The van der Waals surface area contributed by atoms with Gasteiger partial charge in [-0.3, -0.25) is 4.98 Å². The number of fused-ring (bicyclic) bond motifs is 4. The van der Waals surface area contributed by atoms with Crippen molar-refractivity contribution >= 4 is 8.32 Å². The zero-order valence-electron chi connectivity index (χ0n) is 25.8. The van der Waals surface area contributed by atoms with Crippen LogP contribution in [0.15, 0.2) is 24.3 Å². The van der Waals surface area contributed by atoms with E-state index in [2.05, 4.69) is 47.7 Å². The highest BCUT2D eigenvalue weighted by atomic mass is 28.4. The number of hydrogen-bond donors (Lipinski definition) is 0. The lowest BCUT2D eigenvalue weighted by molar-refractivity contribution is -0.137. The molecule has 0 amide bonds. The van der Waals surface area contributed by atoms with E-state index in [1.54, 1.807) is 12.1 Å². The van der Waals surface area contributed by atoms with Gasteiger partial charge >= 0.3 is 6.18 Å². The van der Waals surface area contributed by atoms with Gasteiger partial charge in [-0.05, 0) is 81.4 Å². The van der Waals surface area contributed by atoms with Gasteiger partial charge in [-0.1, -0.05) is 66.0 Å². The van der Waals surface area contributed by atoms with Crippen molar-refractivity contribution in [1.29, 1.82) is 0 Å². The van der Waals surface area contributed by atoms with Crippen LogP contribution in [-0.2, 0) is 27.4 Å². The van der Waals surface area contributed by atoms with Crippen LogP contribution < -0.4 is 0 Å². The number of rotatable bonds is 4. The van der Waals surface area contributed by atoms with E-state index >= 15 is 0 Å². The van der Waals surface area contributed by atoms with Gasteiger partial charge in [0.25, 0.3) is 0 Å². The second-order valence-corrected chi connectivity index (χ2v) is 20.0. The minimum absolute atomic E-state index is 0.0187. The first-order valence-electron chi connectivity index (χ1n) is 15.7. The van der Waals surface area contributed by atoms with Crippen LogP contribution in [0.2, 0.25) is 18.1 Å². The second kappa shape index (κ2) is 9.65. The zero-order chi connectivity index (χ0) is 29.6. The van der Waals surface area contributed by atoms with Crippen LogP contribution in [0.4, 0.5) is 13.2 Å². The molecule has 0 saturated heterocycles. The molecular formula is C34H46F3NO2Si-. The molecule has 2 unspecified atom stereocenters. The van der Waals surface area contributed by atoms with Crippen molar-refractivity contribution in [3.05, 3.63) is 63.5 Å². The molecule has 0 N–H and O–H groups in total. The highest BCUT2D eigenvalue weighted by Crippen LogP contribution is 2.62. The molecule has 2 atom stereocenters. The van der Waals surface area contributed by atoms with Crippen molar-refractivity contribution in [2.75, 3.05) is 0 Å². The Labute approximate surface area is 244 Å². The third-order valence-corrected chi connectivity index (χ3v) is 15.6. The molecule has 2 spiro atoms. The van der Waals surface area contributed by atoms with Gasteiger partial charge in [-0.25, -0.2) is 0 Å². The molecule has 0 radical (unpaired) electrons. The largest absolute Gasteiger partial charge is 0.559 e. The smallest absolute Gasteiger partial charge is 0.416 e. The van der Waals surface area contributed by atoms with E-state index in [-0.39, 0.29) is 22.5 Å². The molecular weight excluding hydrogens is 539 g/mol. The van der Waals surface area contributed by atoms with Gasteiger partial charge in [0.1, 0.15) is 6.10 Å². The first-order valence-corrected chi connectivity index (χ1v) is 18.6. The van der Waals surface area contributed by atoms with E-state index in [0.29, 0.717) is 0 Å². The van der Waals surface area contributed by atoms with E-state index in [1.807, 2.05) is 0 Å². The van der Waals surface area contributed by atoms with Crippen molar-refractivity contribution in [2.24, 2.45) is 5.41 Å². The number of alkyl halides is 3. The van der Waals surface area contributed by atoms with Gasteiger partial charge in [0.2, 0.25) is 0 Å². The average Bonchev–Trinajstić information content (AvgIpc) is 3.46. The summed E-state index contributed by atoms with van der Waals surface area (Å²) in [6, 6.07) is 5.62. The van der Waals surface area contributed by atoms with E-state index in [0.717, 1.165) is 55.3 Å². The molecule has 3 nitrogen and oxygen atoms in total. The molecule has 3 aliphatic carbocycles. The van der Waals surface area contributed by atoms with Crippen molar-refractivity contribution in [3.8, 4) is 0 Å². The molecule has 1 aliphatic heterocycles. The second-order valence-electron chi connectivity index (χ2n) is 15.2. The van der Waals surface area contributed by atoms with E-state index in [1.165, 1.54) is 48.2 Å². The molecule has 6 rings (SSSR count). The van der Waals surface area contributed by atoms with Gasteiger partial charge in [0.05, 0.1) is 11.2 Å². The lowest BCUT2D eigenvalue weighted by Crippen LogP contribution is -2.46. The standard InChI is InChI=1S/C34H46F3NO2Si/c1-21(2)29-27-28(33(17-8-9-18-33)39-30(27)22-11-13-23(14-12-22)34(35,36)37)26-24(38-29)19-32(15-10-16-32)20-25(26)40-41(6,7)31(3,4)5/h11-14,21,25,30H,8-10,15-20H2,1-7H3/q-1. The molecule has 7 heteroatoms. The number of benzene rings is 1. The third kappa shape index (κ3) is 4.82. The maximum Gasteiger partial charge on any atom is 0.416 e. The number of ether oxygens (including phenoxy) is 1. The Morgan fingerprint density at radius 1 is 0.951 bits per heavy atom. The maximum atomic E-state index is 13.4. The van der Waals surface area contributed by atoms with Gasteiger partial charge < -0.3 is 9.16 Å². The molecule has 1 aromatic heterocycles. The molecule has 2 aromatic rings. The van der Waals surface area contributed by atoms with Crippen LogP contribution in [0.25, 0.3) is 0 Å². The van der Waals surface area contributed by atoms with Crippen LogP contribution in [0.3, 0.4) is 0 Å². The summed E-state index contributed by atoms with van der Waals surface area (Å²) in [6.07, 6.45) is 4.99. The summed E-state index contributed by atoms with van der Waals surface area (Å²) in [4.78, 5) is 5.47. The Balaban J connectivity index is 1.57. The third-order valence-electron chi connectivity index (χ3n) is 11.1. The molecule has 4 aliphatic rings. The molecule has 225 valence electrons. The zero-order valence-corrected chi connectivity index (χ0v) is 26.8. The van der Waals surface area contributed by atoms with E-state index in [4.69, 9.17) is 14.1 Å². The highest BCUT2D eigenvalue weighted by Gasteiger charge is 2.54. The fourth-order valence-corrected chi connectivity index (χ4v) is 8.98. The maximum absolute atomic E-state index is 13.4. The number of nitrogens with zero attached hydrogens (tertiary/aromatic N) is 1. The fourth-order valence-electron chi connectivity index (χ4n) is 7.71. The Hall–Kier alpha value is -1.70. The fraction of sp³-hybridized carbons (Fsp3) is 0.676. The van der Waals surface area contributed by atoms with Crippen LogP contribution in [0, 0.1) is 5.41 Å². The van der Waals surface area contributed by atoms with Crippen molar-refractivity contribution < 1.29 is 22.3 Å². The Morgan fingerprint density at radius 3 is 2.10 bits per heavy atom. The SMILES string of the molecule is CC(C)c1nc2c(c3c1C(c1ccc(C(F)(F)F)cc1)OC31CCCC1)C(O[Si-](C)(C)C(C)(C)C)CC1(CCC1)C2. The Bertz CT molecular complexity index is 1320. The van der Waals surface area contributed by atoms with Crippen molar-refractivity contribution in [1.82, 2.24) is 4.98 Å². The molecule has 2 heterocycles. The van der Waals surface area contributed by atoms with Crippen molar-refractivity contribution in [3.63, 3.8) is 0 Å². The Kier molecular flexibility index (Phi) is 6.91. The summed E-state index contributed by atoms with van der Waals surface area (Å²) in [6.45, 7) is 16.0. The van der Waals surface area contributed by atoms with Gasteiger partial charge in [-0.15, -0.1) is 18.1 Å². The first kappa shape index (κ1) is 29.4. The monoisotopic (exact) mass is 585 g/mol. The first-order chi connectivity index (χ1) is 19.1. The molecule has 2 fully saturated rings. The molecule has 1 aromatic carbocycles. The summed E-state index contributed by atoms with van der Waals surface area (Å²) < 4.78 is 54.8. The summed E-state index contributed by atoms with van der Waals surface area (Å²) in [7, 11) is -2.11. The van der Waals surface area contributed by atoms with Crippen LogP contribution in [0.1, 0.15) is 143 Å². The number of halogens is 3. The predicted molar refractivity (Wildman–Crippen MR) is 158 cm³/mol. The van der Waals surface area contributed by atoms with Crippen molar-refractivity contribution in [2.45, 2.75) is 140 Å². The average molecular weight is 586 g/mol. The van der Waals surface area contributed by atoms with Crippen LogP contribution in [-0.4, -0.2) is 13.3 Å². The summed E-state index contributed by atoms with van der Waals surface area (Å²) in [5.74, 6) is 0.171. The molecule has 41 heavy (non-hydrogen) atoms. The number of hydrogen-bond acceptors (Lipinski definition) is 3. The summed E-state index contributed by atoms with van der Waals surface area (Å²) >= 11 is 0. The normalized spacial score (nSPS) is 25.0. The topological polar surface area (TPSA) is 31.4 Å². The summed E-state index contributed by atoms with van der Waals surface area (Å²) in [5, 5.41) is 0.0795. The van der Waals surface area contributed by atoms with Gasteiger partial charge in [-0.2, -0.15) is 13.2 Å². The van der Waals surface area contributed by atoms with Gasteiger partial charge in [0, 0.05) is 28.6 Å².